The van der Waals surface area contributed by atoms with Gasteiger partial charge in [-0.1, -0.05) is 32.3 Å². The molecule has 1 aliphatic rings. The molecule has 0 saturated heterocycles. The van der Waals surface area contributed by atoms with Crippen molar-refractivity contribution in [3.63, 3.8) is 0 Å². The van der Waals surface area contributed by atoms with Crippen LogP contribution in [0.25, 0.3) is 0 Å². The Labute approximate surface area is 88.7 Å². The SMILES string of the molecule is C/C1=C(\N)C(CN)CCCCC1.CC. The Bertz CT molecular complexity index is 173. The van der Waals surface area contributed by atoms with Gasteiger partial charge in [0.2, 0.25) is 0 Å². The first kappa shape index (κ1) is 13.5. The molecule has 0 aromatic heterocycles. The van der Waals surface area contributed by atoms with Crippen LogP contribution >= 0.6 is 0 Å². The summed E-state index contributed by atoms with van der Waals surface area (Å²) < 4.78 is 0. The molecule has 0 aromatic rings. The fraction of sp³-hybridized carbons (Fsp3) is 0.833. The number of hydrogen-bond acceptors (Lipinski definition) is 2. The van der Waals surface area contributed by atoms with Crippen molar-refractivity contribution in [2.45, 2.75) is 52.9 Å². The average Bonchev–Trinajstić information content (AvgIpc) is 2.23. The van der Waals surface area contributed by atoms with E-state index < -0.39 is 0 Å². The summed E-state index contributed by atoms with van der Waals surface area (Å²) in [6.45, 7) is 6.85. The second-order valence-electron chi connectivity index (χ2n) is 3.77. The minimum atomic E-state index is 0.449. The lowest BCUT2D eigenvalue weighted by Crippen LogP contribution is -2.23. The summed E-state index contributed by atoms with van der Waals surface area (Å²) in [5, 5.41) is 0. The van der Waals surface area contributed by atoms with Crippen molar-refractivity contribution in [3.05, 3.63) is 11.3 Å². The lowest BCUT2D eigenvalue weighted by atomic mass is 9.90. The van der Waals surface area contributed by atoms with Crippen LogP contribution in [0.2, 0.25) is 0 Å². The minimum Gasteiger partial charge on any atom is -0.402 e. The third kappa shape index (κ3) is 4.14. The lowest BCUT2D eigenvalue weighted by Gasteiger charge is -2.20. The average molecular weight is 198 g/mol. The molecule has 1 atom stereocenters. The first-order valence-electron chi connectivity index (χ1n) is 5.91. The molecular formula is C12H26N2. The van der Waals surface area contributed by atoms with Crippen molar-refractivity contribution in [2.75, 3.05) is 6.54 Å². The van der Waals surface area contributed by atoms with Crippen LogP contribution in [0.1, 0.15) is 52.9 Å². The van der Waals surface area contributed by atoms with Gasteiger partial charge in [-0.3, -0.25) is 0 Å². The molecule has 0 spiro atoms. The largest absolute Gasteiger partial charge is 0.402 e. The van der Waals surface area contributed by atoms with E-state index in [1.165, 1.54) is 37.7 Å². The molecule has 0 radical (unpaired) electrons. The molecule has 2 nitrogen and oxygen atoms in total. The summed E-state index contributed by atoms with van der Waals surface area (Å²) in [6, 6.07) is 0. The van der Waals surface area contributed by atoms with E-state index in [0.717, 1.165) is 5.70 Å². The van der Waals surface area contributed by atoms with Crippen LogP contribution in [0.5, 0.6) is 0 Å². The summed E-state index contributed by atoms with van der Waals surface area (Å²) in [7, 11) is 0. The predicted octanol–water partition coefficient (Wildman–Crippen LogP) is 2.78. The van der Waals surface area contributed by atoms with Crippen molar-refractivity contribution in [2.24, 2.45) is 17.4 Å². The molecular weight excluding hydrogens is 172 g/mol. The quantitative estimate of drug-likeness (QED) is 0.680. The highest BCUT2D eigenvalue weighted by atomic mass is 14.7. The molecule has 0 aromatic carbocycles. The molecule has 0 aliphatic heterocycles. The molecule has 0 fully saturated rings. The fourth-order valence-electron chi connectivity index (χ4n) is 1.85. The second kappa shape index (κ2) is 7.86. The third-order valence-electron chi connectivity index (χ3n) is 2.82. The third-order valence-corrected chi connectivity index (χ3v) is 2.82. The second-order valence-corrected chi connectivity index (χ2v) is 3.77. The molecule has 1 unspecified atom stereocenters. The van der Waals surface area contributed by atoms with Crippen LogP contribution < -0.4 is 11.5 Å². The molecule has 0 heterocycles. The van der Waals surface area contributed by atoms with Gasteiger partial charge >= 0.3 is 0 Å². The summed E-state index contributed by atoms with van der Waals surface area (Å²) >= 11 is 0. The molecule has 0 amide bonds. The maximum Gasteiger partial charge on any atom is 0.0114 e. The van der Waals surface area contributed by atoms with Gasteiger partial charge in [0.15, 0.2) is 0 Å². The monoisotopic (exact) mass is 198 g/mol. The smallest absolute Gasteiger partial charge is 0.0114 e. The Morgan fingerprint density at radius 3 is 2.43 bits per heavy atom. The maximum absolute atomic E-state index is 6.00. The maximum atomic E-state index is 6.00. The van der Waals surface area contributed by atoms with E-state index in [-0.39, 0.29) is 0 Å². The zero-order valence-electron chi connectivity index (χ0n) is 9.97. The van der Waals surface area contributed by atoms with Gasteiger partial charge in [0.25, 0.3) is 0 Å². The van der Waals surface area contributed by atoms with Gasteiger partial charge in [-0.2, -0.15) is 0 Å². The highest BCUT2D eigenvalue weighted by Crippen LogP contribution is 2.23. The van der Waals surface area contributed by atoms with E-state index in [1.54, 1.807) is 0 Å². The number of allylic oxidation sites excluding steroid dienone is 1. The summed E-state index contributed by atoms with van der Waals surface area (Å²) in [6.07, 6.45) is 6.27. The highest BCUT2D eigenvalue weighted by molar-refractivity contribution is 5.12. The standard InChI is InChI=1S/C10H20N2.C2H6/c1-8-5-3-2-4-6-9(7-11)10(8)12;1-2/h9H,2-7,11-12H2,1H3;1-2H3/b10-8+;. The van der Waals surface area contributed by atoms with Gasteiger partial charge in [-0.05, 0) is 26.2 Å². The van der Waals surface area contributed by atoms with Crippen molar-refractivity contribution in [1.29, 1.82) is 0 Å². The molecule has 1 aliphatic carbocycles. The Morgan fingerprint density at radius 2 is 1.86 bits per heavy atom. The summed E-state index contributed by atoms with van der Waals surface area (Å²) in [5.41, 5.74) is 14.1. The zero-order valence-corrected chi connectivity index (χ0v) is 9.97. The Balaban J connectivity index is 0.000000791. The summed E-state index contributed by atoms with van der Waals surface area (Å²) in [4.78, 5) is 0. The zero-order chi connectivity index (χ0) is 11.0. The Hall–Kier alpha value is -0.500. The molecule has 4 N–H and O–H groups in total. The molecule has 0 saturated carbocycles. The van der Waals surface area contributed by atoms with Gasteiger partial charge in [0, 0.05) is 18.2 Å². The predicted molar refractivity (Wildman–Crippen MR) is 63.9 cm³/mol. The van der Waals surface area contributed by atoms with Crippen molar-refractivity contribution in [1.82, 2.24) is 0 Å². The van der Waals surface area contributed by atoms with E-state index in [4.69, 9.17) is 11.5 Å². The van der Waals surface area contributed by atoms with Gasteiger partial charge < -0.3 is 11.5 Å². The van der Waals surface area contributed by atoms with Crippen LogP contribution in [0.4, 0.5) is 0 Å². The first-order chi connectivity index (χ1) is 6.75. The van der Waals surface area contributed by atoms with Crippen LogP contribution in [-0.4, -0.2) is 6.54 Å². The molecule has 14 heavy (non-hydrogen) atoms. The van der Waals surface area contributed by atoms with Crippen molar-refractivity contribution < 1.29 is 0 Å². The highest BCUT2D eigenvalue weighted by Gasteiger charge is 2.14. The van der Waals surface area contributed by atoms with Crippen molar-refractivity contribution >= 4 is 0 Å². The van der Waals surface area contributed by atoms with E-state index in [9.17, 15) is 0 Å². The number of rotatable bonds is 1. The minimum absolute atomic E-state index is 0.449. The van der Waals surface area contributed by atoms with Crippen LogP contribution in [0.3, 0.4) is 0 Å². The molecule has 2 heteroatoms. The fourth-order valence-corrected chi connectivity index (χ4v) is 1.85. The molecule has 0 bridgehead atoms. The number of hydrogen-bond donors (Lipinski definition) is 2. The number of nitrogens with two attached hydrogens (primary N) is 2. The summed E-state index contributed by atoms with van der Waals surface area (Å²) in [5.74, 6) is 0.449. The van der Waals surface area contributed by atoms with Gasteiger partial charge in [0.05, 0.1) is 0 Å². The van der Waals surface area contributed by atoms with Crippen LogP contribution in [0.15, 0.2) is 11.3 Å². The Morgan fingerprint density at radius 1 is 1.21 bits per heavy atom. The van der Waals surface area contributed by atoms with E-state index in [1.807, 2.05) is 13.8 Å². The van der Waals surface area contributed by atoms with Gasteiger partial charge in [-0.15, -0.1) is 0 Å². The Kier molecular flexibility index (Phi) is 7.58. The van der Waals surface area contributed by atoms with Crippen molar-refractivity contribution in [3.8, 4) is 0 Å². The van der Waals surface area contributed by atoms with Gasteiger partial charge in [-0.25, -0.2) is 0 Å². The first-order valence-corrected chi connectivity index (χ1v) is 5.91. The normalized spacial score (nSPS) is 28.4. The molecule has 84 valence electrons. The van der Waals surface area contributed by atoms with Gasteiger partial charge in [0.1, 0.15) is 0 Å². The van der Waals surface area contributed by atoms with E-state index in [2.05, 4.69) is 6.92 Å². The van der Waals surface area contributed by atoms with E-state index in [0.29, 0.717) is 12.5 Å². The molecule has 1 rings (SSSR count). The lowest BCUT2D eigenvalue weighted by molar-refractivity contribution is 0.492. The van der Waals surface area contributed by atoms with Crippen LogP contribution in [0, 0.1) is 5.92 Å². The van der Waals surface area contributed by atoms with Crippen LogP contribution in [-0.2, 0) is 0 Å². The van der Waals surface area contributed by atoms with E-state index >= 15 is 0 Å². The topological polar surface area (TPSA) is 52.0 Å².